The van der Waals surface area contributed by atoms with E-state index in [9.17, 15) is 13.2 Å². The van der Waals surface area contributed by atoms with Crippen LogP contribution in [0.2, 0.25) is 5.02 Å². The van der Waals surface area contributed by atoms with Crippen LogP contribution in [0, 0.1) is 0 Å². The van der Waals surface area contributed by atoms with Crippen LogP contribution in [-0.2, 0) is 16.6 Å². The van der Waals surface area contributed by atoms with E-state index in [1.165, 1.54) is 11.4 Å². The van der Waals surface area contributed by atoms with Gasteiger partial charge >= 0.3 is 0 Å². The summed E-state index contributed by atoms with van der Waals surface area (Å²) in [5, 5.41) is 3.35. The molecule has 0 saturated carbocycles. The predicted molar refractivity (Wildman–Crippen MR) is 133 cm³/mol. The highest BCUT2D eigenvalue weighted by Gasteiger charge is 2.28. The molecule has 3 aromatic carbocycles. The zero-order valence-corrected chi connectivity index (χ0v) is 20.3. The van der Waals surface area contributed by atoms with Gasteiger partial charge in [-0.15, -0.1) is 0 Å². The number of nitrogens with one attached hydrogen (secondary N) is 1. The Morgan fingerprint density at radius 1 is 0.971 bits per heavy atom. The average Bonchev–Trinajstić information content (AvgIpc) is 2.85. The molecule has 178 valence electrons. The van der Waals surface area contributed by atoms with Crippen molar-refractivity contribution in [2.24, 2.45) is 0 Å². The van der Waals surface area contributed by atoms with E-state index < -0.39 is 10.0 Å². The highest BCUT2D eigenvalue weighted by atomic mass is 35.5. The number of benzene rings is 3. The maximum absolute atomic E-state index is 12.8. The molecule has 9 heteroatoms. The summed E-state index contributed by atoms with van der Waals surface area (Å²) in [6.07, 6.45) is 0. The Morgan fingerprint density at radius 3 is 2.41 bits per heavy atom. The van der Waals surface area contributed by atoms with Crippen molar-refractivity contribution in [3.8, 4) is 5.75 Å². The molecule has 0 unspecified atom stereocenters. The summed E-state index contributed by atoms with van der Waals surface area (Å²) < 4.78 is 32.5. The fraction of sp³-hybridized carbons (Fsp3) is 0.240. The Hall–Kier alpha value is -2.91. The molecule has 4 rings (SSSR count). The van der Waals surface area contributed by atoms with Crippen molar-refractivity contribution < 1.29 is 17.9 Å². The number of anilines is 1. The van der Waals surface area contributed by atoms with E-state index in [2.05, 4.69) is 10.2 Å². The van der Waals surface area contributed by atoms with Crippen LogP contribution in [0.25, 0.3) is 0 Å². The van der Waals surface area contributed by atoms with Gasteiger partial charge in [-0.1, -0.05) is 41.9 Å². The first-order chi connectivity index (χ1) is 16.4. The molecule has 3 aromatic rings. The maximum atomic E-state index is 12.8. The van der Waals surface area contributed by atoms with Gasteiger partial charge in [-0.05, 0) is 48.0 Å². The Labute approximate surface area is 205 Å². The molecule has 0 atom stereocenters. The molecular weight excluding hydrogens is 474 g/mol. The van der Waals surface area contributed by atoms with Crippen LogP contribution in [0.5, 0.6) is 5.75 Å². The molecule has 1 saturated heterocycles. The number of carbonyl (C=O) groups is 1. The second kappa shape index (κ2) is 10.6. The van der Waals surface area contributed by atoms with Crippen molar-refractivity contribution in [1.29, 1.82) is 0 Å². The molecule has 7 nitrogen and oxygen atoms in total. The first kappa shape index (κ1) is 24.2. The Bertz CT molecular complexity index is 1260. The van der Waals surface area contributed by atoms with Crippen molar-refractivity contribution in [2.75, 3.05) is 38.6 Å². The lowest BCUT2D eigenvalue weighted by atomic mass is 10.1. The van der Waals surface area contributed by atoms with Crippen molar-refractivity contribution >= 4 is 33.2 Å². The van der Waals surface area contributed by atoms with Gasteiger partial charge in [-0.2, -0.15) is 4.31 Å². The fourth-order valence-corrected chi connectivity index (χ4v) is 5.53. The van der Waals surface area contributed by atoms with E-state index in [1.807, 2.05) is 18.2 Å². The summed E-state index contributed by atoms with van der Waals surface area (Å²) >= 11 is 6.06. The molecule has 0 radical (unpaired) electrons. The fourth-order valence-electron chi connectivity index (χ4n) is 3.91. The maximum Gasteiger partial charge on any atom is 0.255 e. The van der Waals surface area contributed by atoms with Crippen molar-refractivity contribution in [3.63, 3.8) is 0 Å². The third kappa shape index (κ3) is 5.59. The van der Waals surface area contributed by atoms with Crippen molar-refractivity contribution in [2.45, 2.75) is 11.4 Å². The van der Waals surface area contributed by atoms with Crippen LogP contribution in [0.1, 0.15) is 15.9 Å². The van der Waals surface area contributed by atoms with Crippen LogP contribution in [0.15, 0.2) is 77.7 Å². The number of methoxy groups -OCH3 is 1. The largest absolute Gasteiger partial charge is 0.495 e. The molecule has 1 amide bonds. The van der Waals surface area contributed by atoms with Crippen molar-refractivity contribution in [1.82, 2.24) is 9.21 Å². The molecule has 0 aliphatic carbocycles. The Balaban J connectivity index is 1.38. The van der Waals surface area contributed by atoms with Gasteiger partial charge in [0.2, 0.25) is 10.0 Å². The van der Waals surface area contributed by atoms with Crippen LogP contribution >= 0.6 is 11.6 Å². The number of ether oxygens (including phenoxy) is 1. The molecule has 0 aromatic heterocycles. The van der Waals surface area contributed by atoms with Gasteiger partial charge in [-0.25, -0.2) is 8.42 Å². The second-order valence-corrected chi connectivity index (χ2v) is 10.4. The summed E-state index contributed by atoms with van der Waals surface area (Å²) in [7, 11) is -1.95. The van der Waals surface area contributed by atoms with E-state index >= 15 is 0 Å². The van der Waals surface area contributed by atoms with Gasteiger partial charge in [0.25, 0.3) is 5.91 Å². The number of hydrogen-bond acceptors (Lipinski definition) is 5. The summed E-state index contributed by atoms with van der Waals surface area (Å²) in [5.74, 6) is 0.262. The van der Waals surface area contributed by atoms with Gasteiger partial charge in [0.1, 0.15) is 5.75 Å². The van der Waals surface area contributed by atoms with Crippen LogP contribution in [-0.4, -0.2) is 56.8 Å². The number of piperazine rings is 1. The summed E-state index contributed by atoms with van der Waals surface area (Å²) in [6.45, 7) is 2.70. The van der Waals surface area contributed by atoms with E-state index in [0.717, 1.165) is 5.56 Å². The van der Waals surface area contributed by atoms with Crippen LogP contribution in [0.4, 0.5) is 5.69 Å². The number of sulfonamides is 1. The predicted octanol–water partition coefficient (Wildman–Crippen LogP) is 4.11. The number of carbonyl (C=O) groups excluding carboxylic acids is 1. The smallest absolute Gasteiger partial charge is 0.255 e. The number of amides is 1. The first-order valence-corrected chi connectivity index (χ1v) is 12.7. The highest BCUT2D eigenvalue weighted by molar-refractivity contribution is 7.89. The molecule has 1 aliphatic heterocycles. The van der Waals surface area contributed by atoms with Gasteiger partial charge in [-0.3, -0.25) is 9.69 Å². The zero-order valence-electron chi connectivity index (χ0n) is 18.8. The van der Waals surface area contributed by atoms with Crippen LogP contribution in [0.3, 0.4) is 0 Å². The molecule has 34 heavy (non-hydrogen) atoms. The monoisotopic (exact) mass is 499 g/mol. The lowest BCUT2D eigenvalue weighted by molar-refractivity contribution is 0.102. The lowest BCUT2D eigenvalue weighted by Crippen LogP contribution is -2.48. The number of halogens is 1. The molecular formula is C25H26ClN3O4S. The summed E-state index contributed by atoms with van der Waals surface area (Å²) in [6, 6.07) is 21.0. The topological polar surface area (TPSA) is 79.0 Å². The van der Waals surface area contributed by atoms with E-state index in [4.69, 9.17) is 16.3 Å². The standard InChI is InChI=1S/C25H26ClN3O4S/c1-33-24-11-10-21(26)17-23(24)27-25(30)20-7-5-6-19(16-20)18-28-12-14-29(15-13-28)34(31,32)22-8-3-2-4-9-22/h2-11,16-17H,12-15,18H2,1H3,(H,27,30). The van der Waals surface area contributed by atoms with E-state index in [1.54, 1.807) is 54.6 Å². The van der Waals surface area contributed by atoms with Gasteiger partial charge in [0.15, 0.2) is 0 Å². The number of rotatable bonds is 7. The number of hydrogen-bond donors (Lipinski definition) is 1. The molecule has 1 aliphatic rings. The SMILES string of the molecule is COc1ccc(Cl)cc1NC(=O)c1cccc(CN2CCN(S(=O)(=O)c3ccccc3)CC2)c1. The minimum absolute atomic E-state index is 0.263. The van der Waals surface area contributed by atoms with Crippen LogP contribution < -0.4 is 10.1 Å². The minimum Gasteiger partial charge on any atom is -0.495 e. The molecule has 1 N–H and O–H groups in total. The van der Waals surface area contributed by atoms with Gasteiger partial charge in [0.05, 0.1) is 17.7 Å². The molecule has 0 spiro atoms. The quantitative estimate of drug-likeness (QED) is 0.529. The third-order valence-corrected chi connectivity index (χ3v) is 7.87. The normalized spacial score (nSPS) is 15.1. The van der Waals surface area contributed by atoms with Gasteiger partial charge in [0, 0.05) is 43.3 Å². The number of nitrogens with zero attached hydrogens (tertiary/aromatic N) is 2. The minimum atomic E-state index is -3.48. The Kier molecular flexibility index (Phi) is 7.53. The van der Waals surface area contributed by atoms with Gasteiger partial charge < -0.3 is 10.1 Å². The zero-order chi connectivity index (χ0) is 24.1. The Morgan fingerprint density at radius 2 is 1.71 bits per heavy atom. The van der Waals surface area contributed by atoms with E-state index in [-0.39, 0.29) is 5.91 Å². The summed E-state index contributed by atoms with van der Waals surface area (Å²) in [5.41, 5.74) is 2.00. The third-order valence-electron chi connectivity index (χ3n) is 5.72. The second-order valence-electron chi connectivity index (χ2n) is 7.99. The molecule has 1 fully saturated rings. The molecule has 0 bridgehead atoms. The average molecular weight is 500 g/mol. The first-order valence-electron chi connectivity index (χ1n) is 10.9. The summed E-state index contributed by atoms with van der Waals surface area (Å²) in [4.78, 5) is 15.3. The lowest BCUT2D eigenvalue weighted by Gasteiger charge is -2.34. The van der Waals surface area contributed by atoms with Crippen molar-refractivity contribution in [3.05, 3.63) is 88.9 Å². The van der Waals surface area contributed by atoms with E-state index in [0.29, 0.717) is 59.6 Å². The highest BCUT2D eigenvalue weighted by Crippen LogP contribution is 2.28. The molecule has 1 heterocycles.